The lowest BCUT2D eigenvalue weighted by Gasteiger charge is -2.05. The van der Waals surface area contributed by atoms with E-state index >= 15 is 0 Å². The Labute approximate surface area is 148 Å². The minimum Gasteiger partial charge on any atom is -0.356 e. The Morgan fingerprint density at radius 3 is 2.52 bits per heavy atom. The largest absolute Gasteiger partial charge is 0.356 e. The van der Waals surface area contributed by atoms with Gasteiger partial charge in [0.2, 0.25) is 15.9 Å². The summed E-state index contributed by atoms with van der Waals surface area (Å²) in [7, 11) is -3.56. The van der Waals surface area contributed by atoms with Crippen LogP contribution in [0.25, 0.3) is 6.08 Å². The Balaban J connectivity index is 1.67. The summed E-state index contributed by atoms with van der Waals surface area (Å²) >= 11 is 0. The standard InChI is InChI=1S/C18H21N3O3S/c22-18(20-13-9-17-8-4-5-12-19-17)10-14-21-25(23,24)15-11-16-6-2-1-3-7-16/h1-8,11-12,15,21H,9-10,13-14H2,(H,20,22)/b15-11+. The van der Waals surface area contributed by atoms with Crippen LogP contribution in [0.15, 0.2) is 60.1 Å². The number of carbonyl (C=O) groups excluding carboxylic acids is 1. The first kappa shape index (κ1) is 18.8. The third-order valence-corrected chi connectivity index (χ3v) is 4.42. The number of nitrogens with one attached hydrogen (secondary N) is 2. The smallest absolute Gasteiger partial charge is 0.233 e. The summed E-state index contributed by atoms with van der Waals surface area (Å²) < 4.78 is 26.1. The molecule has 0 bridgehead atoms. The van der Waals surface area contributed by atoms with E-state index < -0.39 is 10.0 Å². The Morgan fingerprint density at radius 1 is 1.04 bits per heavy atom. The summed E-state index contributed by atoms with van der Waals surface area (Å²) in [5.41, 5.74) is 1.69. The Kier molecular flexibility index (Phi) is 7.31. The molecule has 132 valence electrons. The molecule has 1 aromatic heterocycles. The molecule has 2 N–H and O–H groups in total. The molecule has 2 aromatic rings. The van der Waals surface area contributed by atoms with Gasteiger partial charge in [0.15, 0.2) is 0 Å². The van der Waals surface area contributed by atoms with E-state index in [2.05, 4.69) is 15.0 Å². The van der Waals surface area contributed by atoms with Gasteiger partial charge in [-0.25, -0.2) is 13.1 Å². The van der Waals surface area contributed by atoms with Crippen LogP contribution in [0.1, 0.15) is 17.7 Å². The molecular weight excluding hydrogens is 338 g/mol. The van der Waals surface area contributed by atoms with Crippen LogP contribution < -0.4 is 10.0 Å². The molecular formula is C18H21N3O3S. The van der Waals surface area contributed by atoms with Crippen molar-refractivity contribution in [2.45, 2.75) is 12.8 Å². The molecule has 0 spiro atoms. The van der Waals surface area contributed by atoms with Crippen molar-refractivity contribution >= 4 is 22.0 Å². The third-order valence-electron chi connectivity index (χ3n) is 3.32. The van der Waals surface area contributed by atoms with E-state index in [1.807, 2.05) is 36.4 Å². The maximum Gasteiger partial charge on any atom is 0.233 e. The first-order valence-electron chi connectivity index (χ1n) is 7.94. The molecule has 1 amide bonds. The lowest BCUT2D eigenvalue weighted by Crippen LogP contribution is -2.31. The fourth-order valence-electron chi connectivity index (χ4n) is 2.05. The highest BCUT2D eigenvalue weighted by atomic mass is 32.2. The quantitative estimate of drug-likeness (QED) is 0.714. The summed E-state index contributed by atoms with van der Waals surface area (Å²) in [4.78, 5) is 15.9. The van der Waals surface area contributed by atoms with E-state index in [1.165, 1.54) is 6.08 Å². The van der Waals surface area contributed by atoms with Crippen LogP contribution in [-0.4, -0.2) is 32.4 Å². The highest BCUT2D eigenvalue weighted by Crippen LogP contribution is 2.02. The van der Waals surface area contributed by atoms with Crippen LogP contribution in [0.2, 0.25) is 0 Å². The molecule has 0 radical (unpaired) electrons. The van der Waals surface area contributed by atoms with Crippen molar-refractivity contribution in [3.8, 4) is 0 Å². The molecule has 0 aliphatic rings. The predicted molar refractivity (Wildman–Crippen MR) is 98.0 cm³/mol. The number of carbonyl (C=O) groups is 1. The number of rotatable bonds is 9. The Morgan fingerprint density at radius 2 is 1.80 bits per heavy atom. The van der Waals surface area contributed by atoms with Crippen molar-refractivity contribution in [3.05, 3.63) is 71.4 Å². The van der Waals surface area contributed by atoms with Crippen LogP contribution in [-0.2, 0) is 21.2 Å². The lowest BCUT2D eigenvalue weighted by atomic mass is 10.2. The van der Waals surface area contributed by atoms with Crippen LogP contribution >= 0.6 is 0 Å². The number of hydrogen-bond acceptors (Lipinski definition) is 4. The molecule has 1 aromatic carbocycles. The molecule has 7 heteroatoms. The monoisotopic (exact) mass is 359 g/mol. The van der Waals surface area contributed by atoms with E-state index in [9.17, 15) is 13.2 Å². The molecule has 0 fully saturated rings. The predicted octanol–water partition coefficient (Wildman–Crippen LogP) is 1.72. The van der Waals surface area contributed by atoms with E-state index in [0.29, 0.717) is 13.0 Å². The molecule has 6 nitrogen and oxygen atoms in total. The van der Waals surface area contributed by atoms with Crippen LogP contribution in [0.5, 0.6) is 0 Å². The molecule has 0 aliphatic heterocycles. The van der Waals surface area contributed by atoms with Crippen LogP contribution in [0.4, 0.5) is 0 Å². The topological polar surface area (TPSA) is 88.2 Å². The van der Waals surface area contributed by atoms with Gasteiger partial charge in [-0.3, -0.25) is 9.78 Å². The van der Waals surface area contributed by atoms with E-state index in [-0.39, 0.29) is 18.9 Å². The maximum absolute atomic E-state index is 11.8. The summed E-state index contributed by atoms with van der Waals surface area (Å²) in [6, 6.07) is 14.7. The highest BCUT2D eigenvalue weighted by molar-refractivity contribution is 7.92. The molecule has 2 rings (SSSR count). The average Bonchev–Trinajstić information content (AvgIpc) is 2.62. The van der Waals surface area contributed by atoms with E-state index in [4.69, 9.17) is 0 Å². The summed E-state index contributed by atoms with van der Waals surface area (Å²) in [6.45, 7) is 0.521. The van der Waals surface area contributed by atoms with Gasteiger partial charge in [0.25, 0.3) is 0 Å². The van der Waals surface area contributed by atoms with E-state index in [0.717, 1.165) is 16.7 Å². The second-order valence-electron chi connectivity index (χ2n) is 5.32. The summed E-state index contributed by atoms with van der Waals surface area (Å²) in [5, 5.41) is 3.84. The second-order valence-corrected chi connectivity index (χ2v) is 6.97. The van der Waals surface area contributed by atoms with Gasteiger partial charge in [-0.05, 0) is 23.8 Å². The lowest BCUT2D eigenvalue weighted by molar-refractivity contribution is -0.120. The number of sulfonamides is 1. The zero-order valence-electron chi connectivity index (χ0n) is 13.8. The number of pyridine rings is 1. The molecule has 0 atom stereocenters. The number of hydrogen-bond donors (Lipinski definition) is 2. The van der Waals surface area contributed by atoms with Crippen molar-refractivity contribution in [2.24, 2.45) is 0 Å². The van der Waals surface area contributed by atoms with Crippen molar-refractivity contribution in [1.29, 1.82) is 0 Å². The fraction of sp³-hybridized carbons (Fsp3) is 0.222. The van der Waals surface area contributed by atoms with Gasteiger partial charge < -0.3 is 5.32 Å². The van der Waals surface area contributed by atoms with Gasteiger partial charge in [0.05, 0.1) is 0 Å². The zero-order valence-corrected chi connectivity index (χ0v) is 14.6. The summed E-state index contributed by atoms with van der Waals surface area (Å²) in [6.07, 6.45) is 3.93. The number of nitrogens with zero attached hydrogens (tertiary/aromatic N) is 1. The third kappa shape index (κ3) is 7.73. The summed E-state index contributed by atoms with van der Waals surface area (Å²) in [5.74, 6) is -0.203. The van der Waals surface area contributed by atoms with Gasteiger partial charge in [-0.15, -0.1) is 0 Å². The number of aromatic nitrogens is 1. The first-order chi connectivity index (χ1) is 12.1. The molecule has 25 heavy (non-hydrogen) atoms. The minimum atomic E-state index is -3.56. The SMILES string of the molecule is O=C(CCNS(=O)(=O)/C=C/c1ccccc1)NCCc1ccccn1. The van der Waals surface area contributed by atoms with Crippen molar-refractivity contribution in [3.63, 3.8) is 0 Å². The van der Waals surface area contributed by atoms with Gasteiger partial charge in [0.1, 0.15) is 0 Å². The fourth-order valence-corrected chi connectivity index (χ4v) is 2.87. The minimum absolute atomic E-state index is 0.0525. The Bertz CT molecular complexity index is 791. The van der Waals surface area contributed by atoms with Crippen molar-refractivity contribution < 1.29 is 13.2 Å². The van der Waals surface area contributed by atoms with Crippen LogP contribution in [0.3, 0.4) is 0 Å². The van der Waals surface area contributed by atoms with Gasteiger partial charge in [-0.1, -0.05) is 36.4 Å². The molecule has 0 saturated carbocycles. The first-order valence-corrected chi connectivity index (χ1v) is 9.49. The van der Waals surface area contributed by atoms with Crippen molar-refractivity contribution in [1.82, 2.24) is 15.0 Å². The zero-order chi connectivity index (χ0) is 18.0. The van der Waals surface area contributed by atoms with Gasteiger partial charge in [-0.2, -0.15) is 0 Å². The number of benzene rings is 1. The molecule has 0 aliphatic carbocycles. The second kappa shape index (κ2) is 9.71. The highest BCUT2D eigenvalue weighted by Gasteiger charge is 2.07. The molecule has 1 heterocycles. The van der Waals surface area contributed by atoms with Gasteiger partial charge >= 0.3 is 0 Å². The van der Waals surface area contributed by atoms with Crippen molar-refractivity contribution in [2.75, 3.05) is 13.1 Å². The molecule has 0 unspecified atom stereocenters. The maximum atomic E-state index is 11.8. The van der Waals surface area contributed by atoms with E-state index in [1.54, 1.807) is 18.3 Å². The number of amides is 1. The van der Waals surface area contributed by atoms with Gasteiger partial charge in [0, 0.05) is 43.2 Å². The Hall–Kier alpha value is -2.51. The van der Waals surface area contributed by atoms with Crippen LogP contribution in [0, 0.1) is 0 Å². The average molecular weight is 359 g/mol. The molecule has 0 saturated heterocycles. The normalized spacial score (nSPS) is 11.5.